The van der Waals surface area contributed by atoms with E-state index in [2.05, 4.69) is 10.1 Å². The van der Waals surface area contributed by atoms with Crippen LogP contribution in [0.5, 0.6) is 0 Å². The van der Waals surface area contributed by atoms with Gasteiger partial charge in [-0.25, -0.2) is 9.67 Å². The number of pyridine rings is 1. The van der Waals surface area contributed by atoms with E-state index < -0.39 is 0 Å². The van der Waals surface area contributed by atoms with Gasteiger partial charge in [-0.2, -0.15) is 5.10 Å². The molecule has 0 atom stereocenters. The number of nitrogens with two attached hydrogens (primary N) is 1. The van der Waals surface area contributed by atoms with Crippen LogP contribution in [-0.2, 0) is 6.61 Å². The Morgan fingerprint density at radius 3 is 2.68 bits per heavy atom. The lowest BCUT2D eigenvalue weighted by Crippen LogP contribution is -2.00. The zero-order valence-corrected chi connectivity index (χ0v) is 10.5. The lowest BCUT2D eigenvalue weighted by Gasteiger charge is -2.05. The average molecular weight is 254 g/mol. The van der Waals surface area contributed by atoms with Crippen LogP contribution in [0.2, 0.25) is 0 Å². The number of aliphatic hydroxyl groups excluding tert-OH is 1. The van der Waals surface area contributed by atoms with Gasteiger partial charge in [0.1, 0.15) is 0 Å². The largest absolute Gasteiger partial charge is 0.398 e. The molecule has 0 unspecified atom stereocenters. The van der Waals surface area contributed by atoms with Gasteiger partial charge in [-0.05, 0) is 19.1 Å². The van der Waals surface area contributed by atoms with E-state index >= 15 is 0 Å². The summed E-state index contributed by atoms with van der Waals surface area (Å²) in [6, 6.07) is 9.77. The van der Waals surface area contributed by atoms with E-state index in [1.807, 2.05) is 37.3 Å². The quantitative estimate of drug-likeness (QED) is 0.731. The average Bonchev–Trinajstić information content (AvgIpc) is 2.78. The van der Waals surface area contributed by atoms with Crippen LogP contribution in [0.25, 0.3) is 16.7 Å². The number of para-hydroxylation sites is 1. The van der Waals surface area contributed by atoms with Crippen molar-refractivity contribution in [3.8, 4) is 5.69 Å². The second kappa shape index (κ2) is 4.37. The molecule has 5 heteroatoms. The molecule has 0 aliphatic heterocycles. The van der Waals surface area contributed by atoms with Gasteiger partial charge in [-0.1, -0.05) is 18.2 Å². The Hall–Kier alpha value is -2.40. The van der Waals surface area contributed by atoms with Crippen molar-refractivity contribution in [2.45, 2.75) is 13.5 Å². The molecule has 3 N–H and O–H groups in total. The van der Waals surface area contributed by atoms with Crippen molar-refractivity contribution in [3.05, 3.63) is 47.8 Å². The predicted molar refractivity (Wildman–Crippen MR) is 73.9 cm³/mol. The first-order valence-corrected chi connectivity index (χ1v) is 6.01. The van der Waals surface area contributed by atoms with Gasteiger partial charge in [0, 0.05) is 11.8 Å². The van der Waals surface area contributed by atoms with E-state index in [9.17, 15) is 5.11 Å². The molecule has 19 heavy (non-hydrogen) atoms. The third kappa shape index (κ3) is 1.75. The highest BCUT2D eigenvalue weighted by atomic mass is 16.3. The van der Waals surface area contributed by atoms with Gasteiger partial charge in [0.05, 0.1) is 29.1 Å². The van der Waals surface area contributed by atoms with Crippen molar-refractivity contribution in [1.29, 1.82) is 0 Å². The first-order chi connectivity index (χ1) is 9.22. The molecular weight excluding hydrogens is 240 g/mol. The van der Waals surface area contributed by atoms with Gasteiger partial charge >= 0.3 is 0 Å². The summed E-state index contributed by atoms with van der Waals surface area (Å²) >= 11 is 0. The second-order valence-electron chi connectivity index (χ2n) is 4.39. The molecule has 0 amide bonds. The number of aromatic nitrogens is 3. The van der Waals surface area contributed by atoms with Gasteiger partial charge in [0.2, 0.25) is 0 Å². The van der Waals surface area contributed by atoms with Crippen molar-refractivity contribution >= 4 is 16.7 Å². The normalized spacial score (nSPS) is 11.1. The van der Waals surface area contributed by atoms with E-state index in [1.54, 1.807) is 10.9 Å². The number of fused-ring (bicyclic) bond motifs is 1. The molecule has 96 valence electrons. The first kappa shape index (κ1) is 11.7. The minimum atomic E-state index is -0.120. The first-order valence-electron chi connectivity index (χ1n) is 6.01. The molecule has 3 rings (SSSR count). The van der Waals surface area contributed by atoms with E-state index in [0.29, 0.717) is 16.9 Å². The van der Waals surface area contributed by atoms with Crippen molar-refractivity contribution in [2.75, 3.05) is 5.73 Å². The molecule has 0 saturated heterocycles. The highest BCUT2D eigenvalue weighted by molar-refractivity contribution is 5.92. The molecular formula is C14H14N4O. The fourth-order valence-corrected chi connectivity index (χ4v) is 2.19. The van der Waals surface area contributed by atoms with Gasteiger partial charge in [-0.3, -0.25) is 0 Å². The van der Waals surface area contributed by atoms with Crippen molar-refractivity contribution in [3.63, 3.8) is 0 Å². The molecule has 0 bridgehead atoms. The number of anilines is 1. The van der Waals surface area contributed by atoms with Crippen LogP contribution in [0, 0.1) is 6.92 Å². The lowest BCUT2D eigenvalue weighted by molar-refractivity contribution is 0.282. The summed E-state index contributed by atoms with van der Waals surface area (Å²) < 4.78 is 1.77. The maximum Gasteiger partial charge on any atom is 0.165 e. The van der Waals surface area contributed by atoms with Crippen LogP contribution in [0.15, 0.2) is 36.5 Å². The minimum Gasteiger partial charge on any atom is -0.398 e. The number of nitrogen functional groups attached to an aromatic ring is 1. The van der Waals surface area contributed by atoms with Crippen LogP contribution in [0.1, 0.15) is 11.3 Å². The summed E-state index contributed by atoms with van der Waals surface area (Å²) in [4.78, 5) is 4.37. The zero-order valence-electron chi connectivity index (χ0n) is 10.5. The number of aliphatic hydroxyl groups is 1. The summed E-state index contributed by atoms with van der Waals surface area (Å²) in [6.45, 7) is 1.77. The number of nitrogens with zero attached hydrogens (tertiary/aromatic N) is 3. The molecule has 0 saturated carbocycles. The molecule has 0 radical (unpaired) electrons. The SMILES string of the molecule is Cc1nn(-c2ccccc2)c2ncc(CO)c(N)c12. The lowest BCUT2D eigenvalue weighted by atomic mass is 10.1. The summed E-state index contributed by atoms with van der Waals surface area (Å²) in [5.74, 6) is 0. The molecule has 0 fully saturated rings. The van der Waals surface area contributed by atoms with Crippen LogP contribution in [0.3, 0.4) is 0 Å². The van der Waals surface area contributed by atoms with Crippen LogP contribution >= 0.6 is 0 Å². The molecule has 0 spiro atoms. The third-order valence-corrected chi connectivity index (χ3v) is 3.17. The summed E-state index contributed by atoms with van der Waals surface area (Å²) in [5, 5.41) is 14.5. The number of aryl methyl sites for hydroxylation is 1. The molecule has 5 nitrogen and oxygen atoms in total. The van der Waals surface area contributed by atoms with Crippen LogP contribution in [0.4, 0.5) is 5.69 Å². The summed E-state index contributed by atoms with van der Waals surface area (Å²) in [7, 11) is 0. The number of rotatable bonds is 2. The minimum absolute atomic E-state index is 0.120. The van der Waals surface area contributed by atoms with E-state index in [0.717, 1.165) is 16.8 Å². The number of hydrogen-bond acceptors (Lipinski definition) is 4. The van der Waals surface area contributed by atoms with E-state index in [1.165, 1.54) is 0 Å². The van der Waals surface area contributed by atoms with Crippen LogP contribution < -0.4 is 5.73 Å². The molecule has 2 heterocycles. The van der Waals surface area contributed by atoms with Crippen molar-refractivity contribution in [1.82, 2.24) is 14.8 Å². The van der Waals surface area contributed by atoms with Crippen molar-refractivity contribution in [2.24, 2.45) is 0 Å². The standard InChI is InChI=1S/C14H14N4O/c1-9-12-13(15)10(8-19)7-16-14(12)18(17-9)11-5-3-2-4-6-11/h2-7,19H,8H2,1H3,(H2,15,16). The monoisotopic (exact) mass is 254 g/mol. The maximum absolute atomic E-state index is 9.25. The second-order valence-corrected chi connectivity index (χ2v) is 4.39. The Morgan fingerprint density at radius 1 is 1.26 bits per heavy atom. The van der Waals surface area contributed by atoms with Gasteiger partial charge in [0.15, 0.2) is 5.65 Å². The molecule has 0 aliphatic rings. The molecule has 3 aromatic rings. The molecule has 0 aliphatic carbocycles. The van der Waals surface area contributed by atoms with Gasteiger partial charge in [0.25, 0.3) is 0 Å². The summed E-state index contributed by atoms with van der Waals surface area (Å²) in [5.41, 5.74) is 9.69. The zero-order chi connectivity index (χ0) is 13.4. The Kier molecular flexibility index (Phi) is 2.68. The number of benzene rings is 1. The fraction of sp³-hybridized carbons (Fsp3) is 0.143. The fourth-order valence-electron chi connectivity index (χ4n) is 2.19. The molecule has 1 aromatic carbocycles. The van der Waals surface area contributed by atoms with E-state index in [-0.39, 0.29) is 6.61 Å². The van der Waals surface area contributed by atoms with E-state index in [4.69, 9.17) is 5.73 Å². The highest BCUT2D eigenvalue weighted by Crippen LogP contribution is 2.27. The number of hydrogen-bond donors (Lipinski definition) is 2. The Morgan fingerprint density at radius 2 is 2.00 bits per heavy atom. The van der Waals surface area contributed by atoms with Gasteiger partial charge < -0.3 is 10.8 Å². The molecule has 2 aromatic heterocycles. The maximum atomic E-state index is 9.25. The smallest absolute Gasteiger partial charge is 0.165 e. The third-order valence-electron chi connectivity index (χ3n) is 3.17. The Balaban J connectivity index is 2.32. The summed E-state index contributed by atoms with van der Waals surface area (Å²) in [6.07, 6.45) is 1.60. The van der Waals surface area contributed by atoms with Crippen LogP contribution in [-0.4, -0.2) is 19.9 Å². The topological polar surface area (TPSA) is 77.0 Å². The van der Waals surface area contributed by atoms with Crippen molar-refractivity contribution < 1.29 is 5.11 Å². The predicted octanol–water partition coefficient (Wildman–Crippen LogP) is 1.80. The Bertz CT molecular complexity index is 734. The van der Waals surface area contributed by atoms with Gasteiger partial charge in [-0.15, -0.1) is 0 Å². The Labute approximate surface area is 110 Å². The highest BCUT2D eigenvalue weighted by Gasteiger charge is 2.15.